The molecule has 2 radical (unpaired) electrons. The number of rotatable bonds is 2. The van der Waals surface area contributed by atoms with Crippen molar-refractivity contribution in [1.29, 1.82) is 0 Å². The average Bonchev–Trinajstić information content (AvgIpc) is 2.35. The predicted molar refractivity (Wildman–Crippen MR) is 102 cm³/mol. The van der Waals surface area contributed by atoms with Crippen LogP contribution in [0.1, 0.15) is 63.8 Å². The van der Waals surface area contributed by atoms with E-state index in [4.69, 9.17) is 0 Å². The Morgan fingerprint density at radius 3 is 1.35 bits per heavy atom. The highest BCUT2D eigenvalue weighted by atomic mass is 32.2. The fourth-order valence-corrected chi connectivity index (χ4v) is 4.26. The van der Waals surface area contributed by atoms with Crippen molar-refractivity contribution in [2.75, 3.05) is 0 Å². The summed E-state index contributed by atoms with van der Waals surface area (Å²) in [5, 5.41) is 0. The van der Waals surface area contributed by atoms with E-state index in [1.807, 2.05) is 11.8 Å². The van der Waals surface area contributed by atoms with Gasteiger partial charge in [-0.25, -0.2) is 0 Å². The van der Waals surface area contributed by atoms with Crippen LogP contribution in [0.4, 0.5) is 0 Å². The molecule has 0 fully saturated rings. The van der Waals surface area contributed by atoms with Crippen LogP contribution < -0.4 is 0 Å². The molecular formula is C22H28S. The third kappa shape index (κ3) is 4.41. The number of aryl methyl sites for hydroxylation is 2. The zero-order valence-electron chi connectivity index (χ0n) is 15.7. The molecule has 0 nitrogen and oxygen atoms in total. The fraction of sp³-hybridized carbons (Fsp3) is 0.455. The van der Waals surface area contributed by atoms with E-state index in [0.717, 1.165) is 0 Å². The van der Waals surface area contributed by atoms with Gasteiger partial charge in [-0.1, -0.05) is 53.3 Å². The molecule has 122 valence electrons. The average molecular weight is 325 g/mol. The third-order valence-electron chi connectivity index (χ3n) is 3.95. The lowest BCUT2D eigenvalue weighted by atomic mass is 9.86. The van der Waals surface area contributed by atoms with Crippen LogP contribution in [-0.2, 0) is 10.8 Å². The van der Waals surface area contributed by atoms with Crippen molar-refractivity contribution in [2.45, 2.75) is 76.0 Å². The zero-order chi connectivity index (χ0) is 17.4. The Bertz CT molecular complexity index is 635. The summed E-state index contributed by atoms with van der Waals surface area (Å²) in [6.45, 7) is 17.8. The fourth-order valence-electron chi connectivity index (χ4n) is 2.61. The van der Waals surface area contributed by atoms with Gasteiger partial charge in [0.05, 0.1) is 0 Å². The molecule has 0 saturated heterocycles. The van der Waals surface area contributed by atoms with Crippen molar-refractivity contribution in [3.8, 4) is 0 Å². The quantitative estimate of drug-likeness (QED) is 0.596. The highest BCUT2D eigenvalue weighted by Crippen LogP contribution is 2.41. The smallest absolute Gasteiger partial charge is 0.0162 e. The van der Waals surface area contributed by atoms with Crippen LogP contribution in [0, 0.1) is 26.0 Å². The van der Waals surface area contributed by atoms with Gasteiger partial charge in [0.25, 0.3) is 0 Å². The summed E-state index contributed by atoms with van der Waals surface area (Å²) < 4.78 is 0. The van der Waals surface area contributed by atoms with Crippen LogP contribution in [0.3, 0.4) is 0 Å². The minimum absolute atomic E-state index is 0.115. The lowest BCUT2D eigenvalue weighted by molar-refractivity contribution is 0.574. The molecular weight excluding hydrogens is 296 g/mol. The van der Waals surface area contributed by atoms with Crippen molar-refractivity contribution in [1.82, 2.24) is 0 Å². The van der Waals surface area contributed by atoms with Gasteiger partial charge >= 0.3 is 0 Å². The van der Waals surface area contributed by atoms with Gasteiger partial charge in [-0.3, -0.25) is 0 Å². The van der Waals surface area contributed by atoms with E-state index in [1.54, 1.807) is 0 Å². The second kappa shape index (κ2) is 6.36. The maximum absolute atomic E-state index is 3.37. The molecule has 0 aliphatic heterocycles. The van der Waals surface area contributed by atoms with E-state index in [-0.39, 0.29) is 10.8 Å². The Kier molecular flexibility index (Phi) is 5.01. The molecule has 0 aliphatic carbocycles. The molecule has 2 aromatic carbocycles. The van der Waals surface area contributed by atoms with Crippen LogP contribution >= 0.6 is 11.8 Å². The molecule has 0 saturated carbocycles. The maximum atomic E-state index is 3.37. The van der Waals surface area contributed by atoms with E-state index in [9.17, 15) is 0 Å². The molecule has 0 spiro atoms. The first-order valence-corrected chi connectivity index (χ1v) is 9.03. The zero-order valence-corrected chi connectivity index (χ0v) is 16.5. The first-order valence-electron chi connectivity index (χ1n) is 8.22. The summed E-state index contributed by atoms with van der Waals surface area (Å²) in [6, 6.07) is 15.6. The Morgan fingerprint density at radius 2 is 1.04 bits per heavy atom. The van der Waals surface area contributed by atoms with Crippen LogP contribution in [0.25, 0.3) is 0 Å². The SMILES string of the molecule is Cc1[c]cc(C(C)(C)C)c(Sc2cc(C)[c]cc2C(C)(C)C)c1. The van der Waals surface area contributed by atoms with Crippen molar-refractivity contribution in [3.63, 3.8) is 0 Å². The van der Waals surface area contributed by atoms with Gasteiger partial charge in [-0.2, -0.15) is 0 Å². The Morgan fingerprint density at radius 1 is 0.696 bits per heavy atom. The van der Waals surface area contributed by atoms with Gasteiger partial charge in [0, 0.05) is 9.79 Å². The Hall–Kier alpha value is -1.21. The molecule has 0 aliphatic rings. The second-order valence-electron chi connectivity index (χ2n) is 8.39. The van der Waals surface area contributed by atoms with Crippen molar-refractivity contribution >= 4 is 11.8 Å². The lowest BCUT2D eigenvalue weighted by Crippen LogP contribution is -2.14. The summed E-state index contributed by atoms with van der Waals surface area (Å²) >= 11 is 1.88. The predicted octanol–water partition coefficient (Wildman–Crippen LogP) is 6.65. The number of benzene rings is 2. The molecule has 23 heavy (non-hydrogen) atoms. The van der Waals surface area contributed by atoms with Gasteiger partial charge in [0.2, 0.25) is 0 Å². The monoisotopic (exact) mass is 324 g/mol. The van der Waals surface area contributed by atoms with Crippen molar-refractivity contribution in [3.05, 3.63) is 58.7 Å². The molecule has 0 atom stereocenters. The van der Waals surface area contributed by atoms with Crippen LogP contribution in [0.15, 0.2) is 34.1 Å². The minimum Gasteiger partial charge on any atom is -0.0895 e. The molecule has 1 heteroatoms. The van der Waals surface area contributed by atoms with E-state index >= 15 is 0 Å². The largest absolute Gasteiger partial charge is 0.0895 e. The second-order valence-corrected chi connectivity index (χ2v) is 9.47. The van der Waals surface area contributed by atoms with Crippen LogP contribution in [0.5, 0.6) is 0 Å². The molecule has 2 aromatic rings. The normalized spacial score (nSPS) is 12.5. The summed E-state index contributed by atoms with van der Waals surface area (Å²) in [4.78, 5) is 2.68. The number of hydrogen-bond donors (Lipinski definition) is 0. The topological polar surface area (TPSA) is 0 Å². The molecule has 0 amide bonds. The van der Waals surface area contributed by atoms with Crippen LogP contribution in [0.2, 0.25) is 0 Å². The number of hydrogen-bond acceptors (Lipinski definition) is 1. The Balaban J connectivity index is 2.56. The minimum atomic E-state index is 0.115. The Labute approximate surface area is 146 Å². The summed E-state index contributed by atoms with van der Waals surface area (Å²) in [5.74, 6) is 0. The first kappa shape index (κ1) is 18.1. The van der Waals surface area contributed by atoms with E-state index in [2.05, 4.69) is 91.8 Å². The molecule has 0 N–H and O–H groups in total. The first-order chi connectivity index (χ1) is 10.5. The van der Waals surface area contributed by atoms with E-state index in [1.165, 1.54) is 32.0 Å². The van der Waals surface area contributed by atoms with Crippen molar-refractivity contribution in [2.24, 2.45) is 0 Å². The summed E-state index contributed by atoms with van der Waals surface area (Å²) in [6.07, 6.45) is 0. The lowest BCUT2D eigenvalue weighted by Gasteiger charge is -2.26. The molecule has 0 aromatic heterocycles. The summed E-state index contributed by atoms with van der Waals surface area (Å²) in [5.41, 5.74) is 5.33. The van der Waals surface area contributed by atoms with Gasteiger partial charge < -0.3 is 0 Å². The highest BCUT2D eigenvalue weighted by Gasteiger charge is 2.22. The molecule has 0 bridgehead atoms. The van der Waals surface area contributed by atoms with E-state index < -0.39 is 0 Å². The highest BCUT2D eigenvalue weighted by molar-refractivity contribution is 7.99. The molecule has 0 unspecified atom stereocenters. The van der Waals surface area contributed by atoms with Crippen molar-refractivity contribution < 1.29 is 0 Å². The molecule has 0 heterocycles. The van der Waals surface area contributed by atoms with Gasteiger partial charge in [0.1, 0.15) is 0 Å². The standard InChI is InChI=1S/C22H28S/c1-15-9-11-17(21(3,4)5)19(13-15)23-20-14-16(2)10-12-18(20)22(6,7)8/h11-14H,1-8H3. The van der Waals surface area contributed by atoms with Crippen LogP contribution in [-0.4, -0.2) is 0 Å². The summed E-state index contributed by atoms with van der Waals surface area (Å²) in [7, 11) is 0. The molecule has 2 rings (SSSR count). The van der Waals surface area contributed by atoms with E-state index in [0.29, 0.717) is 0 Å². The van der Waals surface area contributed by atoms with Gasteiger partial charge in [0.15, 0.2) is 0 Å². The maximum Gasteiger partial charge on any atom is 0.0162 e. The van der Waals surface area contributed by atoms with Gasteiger partial charge in [-0.15, -0.1) is 0 Å². The third-order valence-corrected chi connectivity index (χ3v) is 5.07. The van der Waals surface area contributed by atoms with Gasteiger partial charge in [-0.05, 0) is 83.3 Å².